The fourth-order valence-corrected chi connectivity index (χ4v) is 5.02. The van der Waals surface area contributed by atoms with E-state index in [1.54, 1.807) is 28.3 Å². The maximum Gasteiger partial charge on any atom is 0.345 e. The third-order valence-corrected chi connectivity index (χ3v) is 6.73. The van der Waals surface area contributed by atoms with Crippen LogP contribution < -0.4 is 5.69 Å². The molecular formula is C17H25N5O3S. The first-order valence-corrected chi connectivity index (χ1v) is 10.5. The largest absolute Gasteiger partial charge is 0.345 e. The van der Waals surface area contributed by atoms with Crippen LogP contribution in [0.15, 0.2) is 29.3 Å². The molecule has 9 heteroatoms. The summed E-state index contributed by atoms with van der Waals surface area (Å²) in [4.78, 5) is 16.1. The maximum absolute atomic E-state index is 12.8. The summed E-state index contributed by atoms with van der Waals surface area (Å²) in [5.74, 6) is 0.717. The Labute approximate surface area is 153 Å². The topological polar surface area (TPSA) is 90.1 Å². The van der Waals surface area contributed by atoms with E-state index >= 15 is 0 Å². The number of sulfonamides is 1. The molecule has 3 rings (SSSR count). The van der Waals surface area contributed by atoms with E-state index in [1.807, 2.05) is 19.1 Å². The number of aromatic nitrogens is 4. The van der Waals surface area contributed by atoms with Gasteiger partial charge in [0.25, 0.3) is 0 Å². The van der Waals surface area contributed by atoms with Gasteiger partial charge in [-0.1, -0.05) is 0 Å². The molecule has 0 aliphatic carbocycles. The maximum atomic E-state index is 12.8. The molecule has 0 radical (unpaired) electrons. The molecule has 0 unspecified atom stereocenters. The molecule has 3 heterocycles. The molecule has 0 bridgehead atoms. The molecule has 2 aromatic heterocycles. The molecule has 0 aromatic carbocycles. The zero-order valence-corrected chi connectivity index (χ0v) is 16.0. The van der Waals surface area contributed by atoms with Crippen LogP contribution in [0.25, 0.3) is 0 Å². The number of pyridine rings is 1. The van der Waals surface area contributed by atoms with E-state index in [0.29, 0.717) is 31.9 Å². The number of rotatable bonds is 6. The van der Waals surface area contributed by atoms with Gasteiger partial charge in [-0.25, -0.2) is 22.2 Å². The Morgan fingerprint density at radius 2 is 2.00 bits per heavy atom. The summed E-state index contributed by atoms with van der Waals surface area (Å²) in [6.45, 7) is 3.35. The summed E-state index contributed by atoms with van der Waals surface area (Å²) in [7, 11) is -1.73. The van der Waals surface area contributed by atoms with Gasteiger partial charge in [-0.3, -0.25) is 9.55 Å². The second-order valence-corrected chi connectivity index (χ2v) is 8.72. The summed E-state index contributed by atoms with van der Waals surface area (Å²) in [5, 5.41) is 4.35. The van der Waals surface area contributed by atoms with Crippen LogP contribution in [-0.2, 0) is 30.0 Å². The zero-order chi connectivity index (χ0) is 18.7. The van der Waals surface area contributed by atoms with E-state index in [2.05, 4.69) is 10.1 Å². The molecule has 1 saturated heterocycles. The third-order valence-electron chi connectivity index (χ3n) is 4.89. The van der Waals surface area contributed by atoms with Gasteiger partial charge in [-0.2, -0.15) is 5.10 Å². The molecule has 0 saturated carbocycles. The van der Waals surface area contributed by atoms with Crippen molar-refractivity contribution >= 4 is 10.0 Å². The number of piperidine rings is 1. The lowest BCUT2D eigenvalue weighted by Crippen LogP contribution is -2.41. The minimum Gasteiger partial charge on any atom is -0.279 e. The van der Waals surface area contributed by atoms with Crippen LogP contribution in [0.4, 0.5) is 0 Å². The Morgan fingerprint density at radius 1 is 1.27 bits per heavy atom. The van der Waals surface area contributed by atoms with Crippen LogP contribution in [0.3, 0.4) is 0 Å². The smallest absolute Gasteiger partial charge is 0.279 e. The molecule has 142 valence electrons. The molecular weight excluding hydrogens is 354 g/mol. The molecule has 0 amide bonds. The van der Waals surface area contributed by atoms with Crippen molar-refractivity contribution in [2.75, 3.05) is 18.8 Å². The van der Waals surface area contributed by atoms with Crippen LogP contribution in [0, 0.1) is 0 Å². The molecule has 1 fully saturated rings. The highest BCUT2D eigenvalue weighted by molar-refractivity contribution is 7.89. The summed E-state index contributed by atoms with van der Waals surface area (Å²) in [6, 6.07) is 3.67. The average molecular weight is 379 g/mol. The zero-order valence-electron chi connectivity index (χ0n) is 15.2. The van der Waals surface area contributed by atoms with Crippen LogP contribution in [0.5, 0.6) is 0 Å². The lowest BCUT2D eigenvalue weighted by Gasteiger charge is -2.31. The lowest BCUT2D eigenvalue weighted by molar-refractivity contribution is 0.304. The van der Waals surface area contributed by atoms with Gasteiger partial charge in [-0.15, -0.1) is 0 Å². The Hall–Kier alpha value is -2.00. The molecule has 26 heavy (non-hydrogen) atoms. The normalized spacial score (nSPS) is 18.9. The highest BCUT2D eigenvalue weighted by atomic mass is 32.2. The Morgan fingerprint density at radius 3 is 2.69 bits per heavy atom. The summed E-state index contributed by atoms with van der Waals surface area (Å²) < 4.78 is 30.1. The predicted molar refractivity (Wildman–Crippen MR) is 98.4 cm³/mol. The van der Waals surface area contributed by atoms with E-state index in [-0.39, 0.29) is 17.4 Å². The van der Waals surface area contributed by atoms with E-state index in [0.717, 1.165) is 18.4 Å². The molecule has 0 N–H and O–H groups in total. The number of hydrogen-bond acceptors (Lipinski definition) is 5. The van der Waals surface area contributed by atoms with Crippen LogP contribution in [0.1, 0.15) is 37.1 Å². The predicted octanol–water partition coefficient (Wildman–Crippen LogP) is 0.749. The number of hydrogen-bond donors (Lipinski definition) is 0. The van der Waals surface area contributed by atoms with E-state index < -0.39 is 10.0 Å². The van der Waals surface area contributed by atoms with Crippen molar-refractivity contribution in [3.63, 3.8) is 0 Å². The van der Waals surface area contributed by atoms with Gasteiger partial charge in [-0.05, 0) is 43.9 Å². The minimum atomic E-state index is -3.35. The first-order valence-electron chi connectivity index (χ1n) is 8.93. The standard InChI is InChI=1S/C17H25N5O3S/c1-3-22-16(19-20(2)17(22)23)15-5-4-11-21(13-15)26(24,25)12-8-14-6-9-18-10-7-14/h6-7,9-10,15H,3-5,8,11-13H2,1-2H3/t15-/m1/s1. The quantitative estimate of drug-likeness (QED) is 0.739. The van der Waals surface area contributed by atoms with Crippen molar-refractivity contribution in [2.24, 2.45) is 7.05 Å². The highest BCUT2D eigenvalue weighted by Crippen LogP contribution is 2.27. The first-order chi connectivity index (χ1) is 12.4. The van der Waals surface area contributed by atoms with Crippen molar-refractivity contribution in [3.05, 3.63) is 46.4 Å². The fourth-order valence-electron chi connectivity index (χ4n) is 3.45. The van der Waals surface area contributed by atoms with E-state index in [1.165, 1.54) is 4.68 Å². The second kappa shape index (κ2) is 7.71. The summed E-state index contributed by atoms with van der Waals surface area (Å²) in [5.41, 5.74) is 0.807. The van der Waals surface area contributed by atoms with Crippen molar-refractivity contribution in [2.45, 2.75) is 38.6 Å². The Bertz CT molecular complexity index is 904. The van der Waals surface area contributed by atoms with Gasteiger partial charge in [0.05, 0.1) is 5.75 Å². The first kappa shape index (κ1) is 18.8. The van der Waals surface area contributed by atoms with Crippen molar-refractivity contribution in [1.82, 2.24) is 23.6 Å². The van der Waals surface area contributed by atoms with Gasteiger partial charge in [0.1, 0.15) is 5.82 Å². The van der Waals surface area contributed by atoms with Gasteiger partial charge >= 0.3 is 5.69 Å². The highest BCUT2D eigenvalue weighted by Gasteiger charge is 2.32. The lowest BCUT2D eigenvalue weighted by atomic mass is 9.99. The van der Waals surface area contributed by atoms with Gasteiger partial charge in [0.15, 0.2) is 0 Å². The SMILES string of the molecule is CCn1c([C@@H]2CCCN(S(=O)(=O)CCc3ccncc3)C2)nn(C)c1=O. The van der Waals surface area contributed by atoms with Crippen molar-refractivity contribution in [1.29, 1.82) is 0 Å². The third kappa shape index (κ3) is 3.88. The molecule has 1 atom stereocenters. The Kier molecular flexibility index (Phi) is 5.57. The van der Waals surface area contributed by atoms with Gasteiger partial charge < -0.3 is 0 Å². The average Bonchev–Trinajstić information content (AvgIpc) is 2.95. The molecule has 8 nitrogen and oxygen atoms in total. The van der Waals surface area contributed by atoms with Crippen molar-refractivity contribution < 1.29 is 8.42 Å². The second-order valence-electron chi connectivity index (χ2n) is 6.63. The summed E-state index contributed by atoms with van der Waals surface area (Å²) >= 11 is 0. The van der Waals surface area contributed by atoms with Crippen LogP contribution in [-0.4, -0.2) is 50.9 Å². The molecule has 2 aromatic rings. The summed E-state index contributed by atoms with van der Waals surface area (Å²) in [6.07, 6.45) is 5.42. The van der Waals surface area contributed by atoms with Crippen LogP contribution in [0.2, 0.25) is 0 Å². The molecule has 1 aliphatic rings. The number of nitrogens with zero attached hydrogens (tertiary/aromatic N) is 5. The fraction of sp³-hybridized carbons (Fsp3) is 0.588. The van der Waals surface area contributed by atoms with E-state index in [9.17, 15) is 13.2 Å². The number of aryl methyl sites for hydroxylation is 2. The molecule has 1 aliphatic heterocycles. The monoisotopic (exact) mass is 379 g/mol. The van der Waals surface area contributed by atoms with E-state index in [4.69, 9.17) is 0 Å². The van der Waals surface area contributed by atoms with Crippen molar-refractivity contribution in [3.8, 4) is 0 Å². The minimum absolute atomic E-state index is 0.0479. The Balaban J connectivity index is 1.73. The van der Waals surface area contributed by atoms with Gasteiger partial charge in [0.2, 0.25) is 10.0 Å². The van der Waals surface area contributed by atoms with Gasteiger partial charge in [0, 0.05) is 45.0 Å². The molecule has 0 spiro atoms. The van der Waals surface area contributed by atoms with Crippen LogP contribution >= 0.6 is 0 Å².